The van der Waals surface area contributed by atoms with Gasteiger partial charge in [0.2, 0.25) is 0 Å². The maximum Gasteiger partial charge on any atom is 0.00501 e. The van der Waals surface area contributed by atoms with Crippen LogP contribution < -0.4 is 5.73 Å². The molecule has 112 valence electrons. The van der Waals surface area contributed by atoms with Crippen molar-refractivity contribution in [3.63, 3.8) is 0 Å². The standard InChI is InChI=1S/C16H33N3/c1-18(2)12-15-6-10-19(11-7-15)14-16(13-17)8-4-3-5-9-16/h15H,3-14,17H2,1-2H3. The molecule has 19 heavy (non-hydrogen) atoms. The molecule has 2 aliphatic rings. The molecule has 1 saturated carbocycles. The summed E-state index contributed by atoms with van der Waals surface area (Å²) in [6, 6.07) is 0. The third-order valence-electron chi connectivity index (χ3n) is 5.24. The molecule has 0 amide bonds. The second-order valence-corrected chi connectivity index (χ2v) is 7.25. The van der Waals surface area contributed by atoms with Crippen LogP contribution in [0.5, 0.6) is 0 Å². The number of piperidine rings is 1. The van der Waals surface area contributed by atoms with Crippen molar-refractivity contribution < 1.29 is 0 Å². The highest BCUT2D eigenvalue weighted by molar-refractivity contribution is 4.88. The van der Waals surface area contributed by atoms with Crippen LogP contribution in [0.25, 0.3) is 0 Å². The van der Waals surface area contributed by atoms with Crippen molar-refractivity contribution in [2.24, 2.45) is 17.1 Å². The van der Waals surface area contributed by atoms with Crippen LogP contribution in [0.3, 0.4) is 0 Å². The first-order chi connectivity index (χ1) is 9.13. The molecule has 1 aliphatic carbocycles. The van der Waals surface area contributed by atoms with Gasteiger partial charge in [0.25, 0.3) is 0 Å². The minimum Gasteiger partial charge on any atom is -0.330 e. The first-order valence-electron chi connectivity index (χ1n) is 8.21. The van der Waals surface area contributed by atoms with Gasteiger partial charge in [-0.2, -0.15) is 0 Å². The number of likely N-dealkylation sites (tertiary alicyclic amines) is 1. The minimum atomic E-state index is 0.451. The predicted molar refractivity (Wildman–Crippen MR) is 82.3 cm³/mol. The van der Waals surface area contributed by atoms with Crippen molar-refractivity contribution in [1.29, 1.82) is 0 Å². The van der Waals surface area contributed by atoms with E-state index in [1.54, 1.807) is 0 Å². The molecule has 0 unspecified atom stereocenters. The normalized spacial score (nSPS) is 25.9. The van der Waals surface area contributed by atoms with Gasteiger partial charge >= 0.3 is 0 Å². The maximum absolute atomic E-state index is 6.12. The van der Waals surface area contributed by atoms with Crippen molar-refractivity contribution in [3.8, 4) is 0 Å². The summed E-state index contributed by atoms with van der Waals surface area (Å²) in [6.07, 6.45) is 9.69. The Labute approximate surface area is 119 Å². The molecule has 0 bridgehead atoms. The molecule has 0 spiro atoms. The highest BCUT2D eigenvalue weighted by Crippen LogP contribution is 2.36. The van der Waals surface area contributed by atoms with Gasteiger partial charge in [-0.05, 0) is 70.7 Å². The monoisotopic (exact) mass is 267 g/mol. The van der Waals surface area contributed by atoms with E-state index < -0.39 is 0 Å². The van der Waals surface area contributed by atoms with Gasteiger partial charge in [0.05, 0.1) is 0 Å². The molecule has 1 heterocycles. The largest absolute Gasteiger partial charge is 0.330 e. The lowest BCUT2D eigenvalue weighted by molar-refractivity contribution is 0.0796. The zero-order chi connectivity index (χ0) is 13.7. The summed E-state index contributed by atoms with van der Waals surface area (Å²) in [4.78, 5) is 5.03. The maximum atomic E-state index is 6.12. The molecular weight excluding hydrogens is 234 g/mol. The van der Waals surface area contributed by atoms with Gasteiger partial charge in [0.1, 0.15) is 0 Å². The van der Waals surface area contributed by atoms with E-state index in [2.05, 4.69) is 23.9 Å². The Morgan fingerprint density at radius 2 is 1.74 bits per heavy atom. The molecule has 2 N–H and O–H groups in total. The van der Waals surface area contributed by atoms with E-state index >= 15 is 0 Å². The van der Waals surface area contributed by atoms with E-state index in [9.17, 15) is 0 Å². The SMILES string of the molecule is CN(C)CC1CCN(CC2(CN)CCCCC2)CC1. The lowest BCUT2D eigenvalue weighted by atomic mass is 9.73. The number of nitrogens with zero attached hydrogens (tertiary/aromatic N) is 2. The molecule has 3 heteroatoms. The molecule has 1 saturated heterocycles. The van der Waals surface area contributed by atoms with Gasteiger partial charge in [-0.25, -0.2) is 0 Å². The quantitative estimate of drug-likeness (QED) is 0.828. The van der Waals surface area contributed by atoms with Gasteiger partial charge in [0.15, 0.2) is 0 Å². The van der Waals surface area contributed by atoms with Crippen LogP contribution in [-0.4, -0.2) is 56.6 Å². The third kappa shape index (κ3) is 4.44. The van der Waals surface area contributed by atoms with Gasteiger partial charge in [-0.3, -0.25) is 0 Å². The van der Waals surface area contributed by atoms with E-state index in [4.69, 9.17) is 5.73 Å². The molecule has 0 aromatic carbocycles. The molecule has 0 aromatic heterocycles. The lowest BCUT2D eigenvalue weighted by Crippen LogP contribution is -2.47. The Bertz CT molecular complexity index is 251. The van der Waals surface area contributed by atoms with E-state index in [0.29, 0.717) is 5.41 Å². The summed E-state index contributed by atoms with van der Waals surface area (Å²) in [5.41, 5.74) is 6.57. The van der Waals surface area contributed by atoms with Crippen LogP contribution in [0.4, 0.5) is 0 Å². The molecule has 0 aromatic rings. The Hall–Kier alpha value is -0.120. The van der Waals surface area contributed by atoms with Crippen LogP contribution in [0, 0.1) is 11.3 Å². The molecule has 0 atom stereocenters. The molecule has 0 radical (unpaired) electrons. The first kappa shape index (κ1) is 15.3. The fraction of sp³-hybridized carbons (Fsp3) is 1.00. The Balaban J connectivity index is 1.77. The van der Waals surface area contributed by atoms with Crippen LogP contribution in [0.15, 0.2) is 0 Å². The Morgan fingerprint density at radius 1 is 1.11 bits per heavy atom. The lowest BCUT2D eigenvalue weighted by Gasteiger charge is -2.43. The topological polar surface area (TPSA) is 32.5 Å². The Kier molecular flexibility index (Phi) is 5.67. The summed E-state index contributed by atoms with van der Waals surface area (Å²) in [6.45, 7) is 6.00. The van der Waals surface area contributed by atoms with Crippen molar-refractivity contribution >= 4 is 0 Å². The van der Waals surface area contributed by atoms with Crippen LogP contribution in [0.1, 0.15) is 44.9 Å². The smallest absolute Gasteiger partial charge is 0.00501 e. The minimum absolute atomic E-state index is 0.451. The average Bonchev–Trinajstić information content (AvgIpc) is 2.41. The summed E-state index contributed by atoms with van der Waals surface area (Å²) in [7, 11) is 4.38. The number of hydrogen-bond donors (Lipinski definition) is 1. The zero-order valence-corrected chi connectivity index (χ0v) is 13.0. The van der Waals surface area contributed by atoms with E-state index in [-0.39, 0.29) is 0 Å². The highest BCUT2D eigenvalue weighted by Gasteiger charge is 2.33. The summed E-state index contributed by atoms with van der Waals surface area (Å²) in [5.74, 6) is 0.909. The van der Waals surface area contributed by atoms with Gasteiger partial charge < -0.3 is 15.5 Å². The van der Waals surface area contributed by atoms with Crippen molar-refractivity contribution in [1.82, 2.24) is 9.80 Å². The van der Waals surface area contributed by atoms with E-state index in [1.165, 1.54) is 71.1 Å². The van der Waals surface area contributed by atoms with E-state index in [1.807, 2.05) is 0 Å². The zero-order valence-electron chi connectivity index (χ0n) is 13.0. The van der Waals surface area contributed by atoms with Gasteiger partial charge in [-0.15, -0.1) is 0 Å². The second kappa shape index (κ2) is 7.05. The molecule has 2 rings (SSSR count). The molecule has 3 nitrogen and oxygen atoms in total. The molecule has 2 fully saturated rings. The predicted octanol–water partition coefficient (Wildman–Crippen LogP) is 2.17. The second-order valence-electron chi connectivity index (χ2n) is 7.25. The summed E-state index contributed by atoms with van der Waals surface area (Å²) >= 11 is 0. The third-order valence-corrected chi connectivity index (χ3v) is 5.24. The number of rotatable bonds is 5. The van der Waals surface area contributed by atoms with Gasteiger partial charge in [-0.1, -0.05) is 19.3 Å². The summed E-state index contributed by atoms with van der Waals surface area (Å²) < 4.78 is 0. The van der Waals surface area contributed by atoms with Crippen molar-refractivity contribution in [2.75, 3.05) is 46.8 Å². The number of nitrogens with two attached hydrogens (primary N) is 1. The van der Waals surface area contributed by atoms with Crippen LogP contribution in [0.2, 0.25) is 0 Å². The van der Waals surface area contributed by atoms with E-state index in [0.717, 1.165) is 12.5 Å². The Morgan fingerprint density at radius 3 is 2.26 bits per heavy atom. The summed E-state index contributed by atoms with van der Waals surface area (Å²) in [5, 5.41) is 0. The molecular formula is C16H33N3. The van der Waals surface area contributed by atoms with Crippen molar-refractivity contribution in [3.05, 3.63) is 0 Å². The first-order valence-corrected chi connectivity index (χ1v) is 8.21. The van der Waals surface area contributed by atoms with Gasteiger partial charge in [0, 0.05) is 13.1 Å². The van der Waals surface area contributed by atoms with Crippen LogP contribution >= 0.6 is 0 Å². The number of hydrogen-bond acceptors (Lipinski definition) is 3. The highest BCUT2D eigenvalue weighted by atomic mass is 15.1. The van der Waals surface area contributed by atoms with Crippen molar-refractivity contribution in [2.45, 2.75) is 44.9 Å². The molecule has 1 aliphatic heterocycles. The van der Waals surface area contributed by atoms with Crippen LogP contribution in [-0.2, 0) is 0 Å². The average molecular weight is 267 g/mol. The fourth-order valence-corrected chi connectivity index (χ4v) is 4.05. The fourth-order valence-electron chi connectivity index (χ4n) is 4.05.